The first-order chi connectivity index (χ1) is 10.8. The molecule has 0 aromatic heterocycles. The minimum absolute atomic E-state index is 0.305. The summed E-state index contributed by atoms with van der Waals surface area (Å²) in [5.41, 5.74) is 2.39. The Kier molecular flexibility index (Phi) is 6.13. The summed E-state index contributed by atoms with van der Waals surface area (Å²) in [5.74, 6) is 1.77. The van der Waals surface area contributed by atoms with Crippen molar-refractivity contribution in [1.29, 1.82) is 0 Å². The van der Waals surface area contributed by atoms with Crippen LogP contribution in [0.15, 0.2) is 48.5 Å². The van der Waals surface area contributed by atoms with Gasteiger partial charge in [0.15, 0.2) is 0 Å². The van der Waals surface area contributed by atoms with Crippen LogP contribution in [0.25, 0.3) is 0 Å². The molecule has 0 saturated heterocycles. The van der Waals surface area contributed by atoms with E-state index in [4.69, 9.17) is 9.47 Å². The molecule has 22 heavy (non-hydrogen) atoms. The molecule has 0 amide bonds. The molecular formula is C19H25NO2. The molecule has 0 aliphatic heterocycles. The maximum atomic E-state index is 5.24. The Morgan fingerprint density at radius 2 is 1.41 bits per heavy atom. The molecule has 0 heterocycles. The van der Waals surface area contributed by atoms with Crippen molar-refractivity contribution in [3.63, 3.8) is 0 Å². The highest BCUT2D eigenvalue weighted by atomic mass is 16.5. The largest absolute Gasteiger partial charge is 0.497 e. The normalized spacial score (nSPS) is 11.8. The molecule has 118 valence electrons. The quantitative estimate of drug-likeness (QED) is 0.740. The van der Waals surface area contributed by atoms with E-state index < -0.39 is 0 Å². The zero-order valence-corrected chi connectivity index (χ0v) is 13.6. The van der Waals surface area contributed by atoms with Crippen molar-refractivity contribution in [3.05, 3.63) is 54.1 Å². The molecule has 3 nitrogen and oxygen atoms in total. The Hall–Kier alpha value is -2.16. The standard InChI is InChI=1S/C19H25NO2/c1-4-5-6-19(15-7-11-17(21-2)12-8-15)20-16-9-13-18(22-3)14-10-16/h7-14,19-20H,4-6H2,1-3H3. The molecule has 1 unspecified atom stereocenters. The average Bonchev–Trinajstić information content (AvgIpc) is 2.59. The first-order valence-corrected chi connectivity index (χ1v) is 7.81. The van der Waals surface area contributed by atoms with Gasteiger partial charge in [-0.2, -0.15) is 0 Å². The lowest BCUT2D eigenvalue weighted by Gasteiger charge is -2.21. The molecular weight excluding hydrogens is 274 g/mol. The van der Waals surface area contributed by atoms with Gasteiger partial charge < -0.3 is 14.8 Å². The number of nitrogens with one attached hydrogen (secondary N) is 1. The van der Waals surface area contributed by atoms with Crippen LogP contribution in [0.2, 0.25) is 0 Å². The van der Waals surface area contributed by atoms with Crippen molar-refractivity contribution in [2.24, 2.45) is 0 Å². The summed E-state index contributed by atoms with van der Waals surface area (Å²) in [7, 11) is 3.38. The smallest absolute Gasteiger partial charge is 0.119 e. The molecule has 2 rings (SSSR count). The Balaban J connectivity index is 2.13. The van der Waals surface area contributed by atoms with Crippen LogP contribution in [0.4, 0.5) is 5.69 Å². The molecule has 0 aliphatic rings. The zero-order chi connectivity index (χ0) is 15.8. The minimum Gasteiger partial charge on any atom is -0.497 e. The third-order valence-corrected chi connectivity index (χ3v) is 3.80. The number of methoxy groups -OCH3 is 2. The van der Waals surface area contributed by atoms with Crippen molar-refractivity contribution in [3.8, 4) is 11.5 Å². The third-order valence-electron chi connectivity index (χ3n) is 3.80. The lowest BCUT2D eigenvalue weighted by Crippen LogP contribution is -2.10. The van der Waals surface area contributed by atoms with Crippen LogP contribution in [0.1, 0.15) is 37.8 Å². The number of anilines is 1. The van der Waals surface area contributed by atoms with E-state index in [2.05, 4.69) is 36.5 Å². The van der Waals surface area contributed by atoms with E-state index in [1.54, 1.807) is 14.2 Å². The molecule has 0 spiro atoms. The number of benzene rings is 2. The Labute approximate surface area is 133 Å². The van der Waals surface area contributed by atoms with Gasteiger partial charge in [-0.05, 0) is 48.4 Å². The minimum atomic E-state index is 0.305. The molecule has 2 aromatic carbocycles. The number of rotatable bonds is 8. The summed E-state index contributed by atoms with van der Waals surface area (Å²) in [6.07, 6.45) is 3.49. The van der Waals surface area contributed by atoms with Crippen molar-refractivity contribution in [2.75, 3.05) is 19.5 Å². The van der Waals surface area contributed by atoms with Crippen molar-refractivity contribution < 1.29 is 9.47 Å². The van der Waals surface area contributed by atoms with Gasteiger partial charge in [-0.1, -0.05) is 31.9 Å². The highest BCUT2D eigenvalue weighted by Gasteiger charge is 2.11. The van der Waals surface area contributed by atoms with E-state index in [0.29, 0.717) is 6.04 Å². The molecule has 1 N–H and O–H groups in total. The van der Waals surface area contributed by atoms with Gasteiger partial charge in [0, 0.05) is 5.69 Å². The molecule has 0 radical (unpaired) electrons. The fourth-order valence-electron chi connectivity index (χ4n) is 2.46. The highest BCUT2D eigenvalue weighted by Crippen LogP contribution is 2.27. The molecule has 0 fully saturated rings. The zero-order valence-electron chi connectivity index (χ0n) is 13.6. The van der Waals surface area contributed by atoms with Gasteiger partial charge in [0.25, 0.3) is 0 Å². The molecule has 3 heteroatoms. The van der Waals surface area contributed by atoms with Gasteiger partial charge in [0.05, 0.1) is 20.3 Å². The fraction of sp³-hybridized carbons (Fsp3) is 0.368. The van der Waals surface area contributed by atoms with E-state index in [9.17, 15) is 0 Å². The van der Waals surface area contributed by atoms with Crippen molar-refractivity contribution in [2.45, 2.75) is 32.2 Å². The van der Waals surface area contributed by atoms with Crippen LogP contribution < -0.4 is 14.8 Å². The Morgan fingerprint density at radius 1 is 0.864 bits per heavy atom. The van der Waals surface area contributed by atoms with Crippen LogP contribution in [-0.2, 0) is 0 Å². The second kappa shape index (κ2) is 8.32. The van der Waals surface area contributed by atoms with Gasteiger partial charge in [-0.25, -0.2) is 0 Å². The van der Waals surface area contributed by atoms with E-state index in [1.807, 2.05) is 24.3 Å². The molecule has 0 bridgehead atoms. The predicted molar refractivity (Wildman–Crippen MR) is 91.9 cm³/mol. The molecule has 0 aliphatic carbocycles. The number of ether oxygens (including phenoxy) is 2. The predicted octanol–water partition coefficient (Wildman–Crippen LogP) is 5.05. The van der Waals surface area contributed by atoms with E-state index in [0.717, 1.165) is 23.6 Å². The lowest BCUT2D eigenvalue weighted by atomic mass is 10.0. The number of unbranched alkanes of at least 4 members (excludes halogenated alkanes) is 1. The first kappa shape index (κ1) is 16.2. The van der Waals surface area contributed by atoms with Gasteiger partial charge in [0.2, 0.25) is 0 Å². The van der Waals surface area contributed by atoms with Crippen molar-refractivity contribution >= 4 is 5.69 Å². The maximum Gasteiger partial charge on any atom is 0.119 e. The Bertz CT molecular complexity index is 549. The summed E-state index contributed by atoms with van der Waals surface area (Å²) in [6.45, 7) is 2.22. The third kappa shape index (κ3) is 4.42. The topological polar surface area (TPSA) is 30.5 Å². The van der Waals surface area contributed by atoms with Crippen LogP contribution in [0.5, 0.6) is 11.5 Å². The summed E-state index contributed by atoms with van der Waals surface area (Å²) < 4.78 is 10.4. The molecule has 2 aromatic rings. The summed E-state index contributed by atoms with van der Waals surface area (Å²) in [5, 5.41) is 3.62. The second-order valence-corrected chi connectivity index (χ2v) is 5.34. The van der Waals surface area contributed by atoms with Gasteiger partial charge >= 0.3 is 0 Å². The molecule has 0 saturated carbocycles. The van der Waals surface area contributed by atoms with Crippen molar-refractivity contribution in [1.82, 2.24) is 0 Å². The number of hydrogen-bond donors (Lipinski definition) is 1. The lowest BCUT2D eigenvalue weighted by molar-refractivity contribution is 0.414. The summed E-state index contributed by atoms with van der Waals surface area (Å²) >= 11 is 0. The van der Waals surface area contributed by atoms with Crippen LogP contribution in [0.3, 0.4) is 0 Å². The van der Waals surface area contributed by atoms with Crippen LogP contribution in [-0.4, -0.2) is 14.2 Å². The first-order valence-electron chi connectivity index (χ1n) is 7.81. The monoisotopic (exact) mass is 299 g/mol. The second-order valence-electron chi connectivity index (χ2n) is 5.34. The fourth-order valence-corrected chi connectivity index (χ4v) is 2.46. The Morgan fingerprint density at radius 3 is 1.91 bits per heavy atom. The SMILES string of the molecule is CCCCC(Nc1ccc(OC)cc1)c1ccc(OC)cc1. The number of hydrogen-bond acceptors (Lipinski definition) is 3. The highest BCUT2D eigenvalue weighted by molar-refractivity contribution is 5.48. The van der Waals surface area contributed by atoms with Crippen LogP contribution in [0, 0.1) is 0 Å². The summed E-state index contributed by atoms with van der Waals surface area (Å²) in [6, 6.07) is 16.7. The molecule has 1 atom stereocenters. The van der Waals surface area contributed by atoms with E-state index >= 15 is 0 Å². The van der Waals surface area contributed by atoms with Crippen LogP contribution >= 0.6 is 0 Å². The summed E-state index contributed by atoms with van der Waals surface area (Å²) in [4.78, 5) is 0. The maximum absolute atomic E-state index is 5.24. The average molecular weight is 299 g/mol. The van der Waals surface area contributed by atoms with E-state index in [-0.39, 0.29) is 0 Å². The van der Waals surface area contributed by atoms with Gasteiger partial charge in [-0.15, -0.1) is 0 Å². The van der Waals surface area contributed by atoms with Gasteiger partial charge in [-0.3, -0.25) is 0 Å². The van der Waals surface area contributed by atoms with Gasteiger partial charge in [0.1, 0.15) is 11.5 Å². The van der Waals surface area contributed by atoms with E-state index in [1.165, 1.54) is 18.4 Å².